The summed E-state index contributed by atoms with van der Waals surface area (Å²) >= 11 is 0. The van der Waals surface area contributed by atoms with Gasteiger partial charge in [-0.3, -0.25) is 0 Å². The van der Waals surface area contributed by atoms with Crippen LogP contribution in [0.15, 0.2) is 5.16 Å². The Kier molecular flexibility index (Phi) is 2.60. The smallest absolute Gasteiger partial charge is 0.353 e. The molecule has 1 heterocycles. The van der Waals surface area contributed by atoms with Crippen molar-refractivity contribution in [2.75, 3.05) is 0 Å². The molecule has 1 fully saturated rings. The molecule has 0 saturated heterocycles. The molecular weight excluding hydrogens is 230 g/mol. The highest BCUT2D eigenvalue weighted by Gasteiger charge is 2.69. The van der Waals surface area contributed by atoms with Gasteiger partial charge in [0.2, 0.25) is 0 Å². The molecule has 16 heavy (non-hydrogen) atoms. The number of hydrogen-bond acceptors (Lipinski definition) is 3. The van der Waals surface area contributed by atoms with Crippen molar-refractivity contribution in [3.05, 3.63) is 0 Å². The maximum absolute atomic E-state index is 13.2. The zero-order valence-corrected chi connectivity index (χ0v) is 8.30. The van der Waals surface area contributed by atoms with Crippen LogP contribution in [0.1, 0.15) is 25.7 Å². The molecule has 2 aliphatic rings. The standard InChI is InChI=1S/C9H11F4NO2/c10-7(11)8(12,13)9(15)5-3-1-2-4-6(5)14-16-9/h5,7,15H,1-4H2. The van der Waals surface area contributed by atoms with Crippen molar-refractivity contribution in [1.29, 1.82) is 0 Å². The van der Waals surface area contributed by atoms with E-state index in [1.807, 2.05) is 0 Å². The maximum Gasteiger partial charge on any atom is 0.373 e. The number of alkyl halides is 4. The highest BCUT2D eigenvalue weighted by molar-refractivity contribution is 5.89. The first-order valence-electron chi connectivity index (χ1n) is 5.03. The first kappa shape index (κ1) is 11.6. The molecular formula is C9H11F4NO2. The fourth-order valence-corrected chi connectivity index (χ4v) is 2.17. The molecule has 0 aromatic heterocycles. The SMILES string of the molecule is OC1(C(F)(F)C(F)F)ON=C2CCCCC21. The fourth-order valence-electron chi connectivity index (χ4n) is 2.17. The summed E-state index contributed by atoms with van der Waals surface area (Å²) in [6.07, 6.45) is -2.04. The number of halogens is 4. The Morgan fingerprint density at radius 3 is 2.75 bits per heavy atom. The average molecular weight is 241 g/mol. The van der Waals surface area contributed by atoms with Gasteiger partial charge in [0.1, 0.15) is 0 Å². The third-order valence-corrected chi connectivity index (χ3v) is 3.10. The lowest BCUT2D eigenvalue weighted by molar-refractivity contribution is -0.353. The number of oxime groups is 1. The summed E-state index contributed by atoms with van der Waals surface area (Å²) in [5, 5.41) is 12.9. The van der Waals surface area contributed by atoms with E-state index < -0.39 is 24.1 Å². The summed E-state index contributed by atoms with van der Waals surface area (Å²) in [6, 6.07) is 0. The molecule has 0 spiro atoms. The Bertz CT molecular complexity index is 321. The van der Waals surface area contributed by atoms with Crippen LogP contribution < -0.4 is 0 Å². The number of fused-ring (bicyclic) bond motifs is 1. The molecule has 0 aromatic carbocycles. The van der Waals surface area contributed by atoms with Crippen molar-refractivity contribution in [1.82, 2.24) is 0 Å². The van der Waals surface area contributed by atoms with E-state index in [-0.39, 0.29) is 12.1 Å². The summed E-state index contributed by atoms with van der Waals surface area (Å²) in [6.45, 7) is 0. The highest BCUT2D eigenvalue weighted by atomic mass is 19.3. The maximum atomic E-state index is 13.2. The van der Waals surface area contributed by atoms with Crippen molar-refractivity contribution in [2.45, 2.75) is 43.8 Å². The van der Waals surface area contributed by atoms with Crippen LogP contribution in [-0.4, -0.2) is 29.0 Å². The van der Waals surface area contributed by atoms with Crippen LogP contribution in [0.5, 0.6) is 0 Å². The molecule has 2 unspecified atom stereocenters. The predicted octanol–water partition coefficient (Wildman–Crippen LogP) is 2.15. The molecule has 3 nitrogen and oxygen atoms in total. The van der Waals surface area contributed by atoms with E-state index in [1.165, 1.54) is 0 Å². The van der Waals surface area contributed by atoms with Gasteiger partial charge in [-0.1, -0.05) is 11.6 Å². The van der Waals surface area contributed by atoms with Crippen LogP contribution in [0.3, 0.4) is 0 Å². The van der Waals surface area contributed by atoms with Crippen LogP contribution >= 0.6 is 0 Å². The fraction of sp³-hybridized carbons (Fsp3) is 0.889. The Labute approximate surface area is 89.1 Å². The number of rotatable bonds is 2. The third kappa shape index (κ3) is 1.41. The minimum absolute atomic E-state index is 0.192. The first-order valence-corrected chi connectivity index (χ1v) is 5.03. The van der Waals surface area contributed by atoms with Crippen LogP contribution in [-0.2, 0) is 4.84 Å². The van der Waals surface area contributed by atoms with Gasteiger partial charge >= 0.3 is 18.1 Å². The highest BCUT2D eigenvalue weighted by Crippen LogP contribution is 2.47. The van der Waals surface area contributed by atoms with E-state index in [2.05, 4.69) is 9.99 Å². The second kappa shape index (κ2) is 3.58. The molecule has 1 N–H and O–H groups in total. The van der Waals surface area contributed by atoms with E-state index in [0.29, 0.717) is 12.8 Å². The predicted molar refractivity (Wildman–Crippen MR) is 46.4 cm³/mol. The van der Waals surface area contributed by atoms with Gasteiger partial charge in [0, 0.05) is 0 Å². The minimum atomic E-state index is -4.61. The molecule has 0 bridgehead atoms. The summed E-state index contributed by atoms with van der Waals surface area (Å²) in [5.74, 6) is -8.91. The molecule has 2 rings (SSSR count). The van der Waals surface area contributed by atoms with Crippen LogP contribution in [0.2, 0.25) is 0 Å². The van der Waals surface area contributed by atoms with E-state index >= 15 is 0 Å². The largest absolute Gasteiger partial charge is 0.373 e. The zero-order chi connectivity index (χ0) is 12.0. The second-order valence-corrected chi connectivity index (χ2v) is 4.09. The second-order valence-electron chi connectivity index (χ2n) is 4.09. The van der Waals surface area contributed by atoms with Gasteiger partial charge in [0.05, 0.1) is 11.6 Å². The normalized spacial score (nSPS) is 34.6. The Balaban J connectivity index is 2.27. The van der Waals surface area contributed by atoms with Crippen LogP contribution in [0, 0.1) is 5.92 Å². The third-order valence-electron chi connectivity index (χ3n) is 3.10. The van der Waals surface area contributed by atoms with Gasteiger partial charge in [0.25, 0.3) is 0 Å². The number of aliphatic hydroxyl groups is 1. The molecule has 1 saturated carbocycles. The zero-order valence-electron chi connectivity index (χ0n) is 8.30. The van der Waals surface area contributed by atoms with E-state index in [1.54, 1.807) is 0 Å². The lowest BCUT2D eigenvalue weighted by Crippen LogP contribution is -2.58. The molecule has 92 valence electrons. The average Bonchev–Trinajstić information content (AvgIpc) is 2.59. The van der Waals surface area contributed by atoms with Gasteiger partial charge in [-0.05, 0) is 19.3 Å². The lowest BCUT2D eigenvalue weighted by Gasteiger charge is -2.35. The van der Waals surface area contributed by atoms with Crippen molar-refractivity contribution in [2.24, 2.45) is 11.1 Å². The Morgan fingerprint density at radius 1 is 1.44 bits per heavy atom. The van der Waals surface area contributed by atoms with E-state index in [9.17, 15) is 22.7 Å². The van der Waals surface area contributed by atoms with Crippen LogP contribution in [0.25, 0.3) is 0 Å². The monoisotopic (exact) mass is 241 g/mol. The molecule has 7 heteroatoms. The summed E-state index contributed by atoms with van der Waals surface area (Å²) < 4.78 is 50.9. The van der Waals surface area contributed by atoms with Crippen molar-refractivity contribution in [3.63, 3.8) is 0 Å². The molecule has 0 amide bonds. The molecule has 0 radical (unpaired) electrons. The summed E-state index contributed by atoms with van der Waals surface area (Å²) in [5.41, 5.74) is 0.258. The van der Waals surface area contributed by atoms with E-state index in [0.717, 1.165) is 6.42 Å². The number of nitrogens with zero attached hydrogens (tertiary/aromatic N) is 1. The minimum Gasteiger partial charge on any atom is -0.353 e. The van der Waals surface area contributed by atoms with Crippen molar-refractivity contribution in [3.8, 4) is 0 Å². The van der Waals surface area contributed by atoms with Gasteiger partial charge in [-0.25, -0.2) is 8.78 Å². The van der Waals surface area contributed by atoms with Gasteiger partial charge in [-0.15, -0.1) is 0 Å². The van der Waals surface area contributed by atoms with Gasteiger partial charge in [0.15, 0.2) is 0 Å². The van der Waals surface area contributed by atoms with Crippen LogP contribution in [0.4, 0.5) is 17.6 Å². The number of hydrogen-bond donors (Lipinski definition) is 1. The van der Waals surface area contributed by atoms with Crippen molar-refractivity contribution < 1.29 is 27.5 Å². The molecule has 1 aliphatic heterocycles. The molecule has 1 aliphatic carbocycles. The Morgan fingerprint density at radius 2 is 2.12 bits per heavy atom. The lowest BCUT2D eigenvalue weighted by atomic mass is 9.79. The topological polar surface area (TPSA) is 41.8 Å². The van der Waals surface area contributed by atoms with E-state index in [4.69, 9.17) is 0 Å². The molecule has 2 atom stereocenters. The van der Waals surface area contributed by atoms with Gasteiger partial charge < -0.3 is 9.94 Å². The summed E-state index contributed by atoms with van der Waals surface area (Å²) in [4.78, 5) is 4.23. The quantitative estimate of drug-likeness (QED) is 0.752. The molecule has 0 aromatic rings. The van der Waals surface area contributed by atoms with Gasteiger partial charge in [-0.2, -0.15) is 8.78 Å². The Hall–Kier alpha value is -0.850. The first-order chi connectivity index (χ1) is 7.39. The van der Waals surface area contributed by atoms with Crippen molar-refractivity contribution >= 4 is 5.71 Å². The summed E-state index contributed by atoms with van der Waals surface area (Å²) in [7, 11) is 0.